The SMILES string of the molecule is c1ncn(Cc2ccc3[nH]c4c(c3c2)CC4)n1. The van der Waals surface area contributed by atoms with E-state index in [1.54, 1.807) is 12.7 Å². The van der Waals surface area contributed by atoms with Crippen LogP contribution >= 0.6 is 0 Å². The molecule has 4 nitrogen and oxygen atoms in total. The highest BCUT2D eigenvalue weighted by Crippen LogP contribution is 2.31. The van der Waals surface area contributed by atoms with Gasteiger partial charge in [-0.15, -0.1) is 0 Å². The van der Waals surface area contributed by atoms with Crippen LogP contribution in [-0.2, 0) is 19.4 Å². The third-order valence-corrected chi connectivity index (χ3v) is 3.50. The number of H-pyrrole nitrogens is 1. The quantitative estimate of drug-likeness (QED) is 0.722. The highest BCUT2D eigenvalue weighted by atomic mass is 15.3. The molecule has 2 aromatic heterocycles. The Balaban J connectivity index is 1.79. The van der Waals surface area contributed by atoms with Gasteiger partial charge in [-0.3, -0.25) is 0 Å². The minimum absolute atomic E-state index is 0.788. The van der Waals surface area contributed by atoms with Gasteiger partial charge in [0.05, 0.1) is 6.54 Å². The molecular formula is C13H12N4. The lowest BCUT2D eigenvalue weighted by atomic mass is 9.93. The topological polar surface area (TPSA) is 46.5 Å². The number of aromatic nitrogens is 4. The number of hydrogen-bond donors (Lipinski definition) is 1. The van der Waals surface area contributed by atoms with E-state index in [0.717, 1.165) is 6.54 Å². The van der Waals surface area contributed by atoms with E-state index in [-0.39, 0.29) is 0 Å². The first-order valence-corrected chi connectivity index (χ1v) is 5.85. The number of fused-ring (bicyclic) bond motifs is 3. The van der Waals surface area contributed by atoms with Crippen molar-refractivity contribution >= 4 is 10.9 Å². The molecule has 0 amide bonds. The fraction of sp³-hybridized carbons (Fsp3) is 0.231. The fourth-order valence-corrected chi connectivity index (χ4v) is 2.52. The van der Waals surface area contributed by atoms with Crippen molar-refractivity contribution in [2.45, 2.75) is 19.4 Å². The summed E-state index contributed by atoms with van der Waals surface area (Å²) in [6, 6.07) is 6.59. The highest BCUT2D eigenvalue weighted by Gasteiger charge is 2.18. The van der Waals surface area contributed by atoms with Gasteiger partial charge in [-0.25, -0.2) is 9.67 Å². The molecule has 1 aliphatic rings. The Kier molecular flexibility index (Phi) is 1.69. The van der Waals surface area contributed by atoms with Gasteiger partial charge in [-0.05, 0) is 36.1 Å². The number of benzene rings is 1. The van der Waals surface area contributed by atoms with Crippen LogP contribution in [0, 0.1) is 0 Å². The number of aryl methyl sites for hydroxylation is 2. The van der Waals surface area contributed by atoms with Crippen LogP contribution in [0.4, 0.5) is 0 Å². The van der Waals surface area contributed by atoms with Crippen molar-refractivity contribution in [2.75, 3.05) is 0 Å². The van der Waals surface area contributed by atoms with Crippen LogP contribution in [0.1, 0.15) is 16.8 Å². The lowest BCUT2D eigenvalue weighted by Crippen LogP contribution is -2.05. The van der Waals surface area contributed by atoms with Crippen molar-refractivity contribution in [1.29, 1.82) is 0 Å². The van der Waals surface area contributed by atoms with Gasteiger partial charge >= 0.3 is 0 Å². The summed E-state index contributed by atoms with van der Waals surface area (Å²) in [5.74, 6) is 0. The molecule has 3 aromatic rings. The summed E-state index contributed by atoms with van der Waals surface area (Å²) in [5.41, 5.74) is 5.45. The number of rotatable bonds is 2. The van der Waals surface area contributed by atoms with Crippen molar-refractivity contribution in [3.8, 4) is 0 Å². The molecule has 1 N–H and O–H groups in total. The Morgan fingerprint density at radius 3 is 3.06 bits per heavy atom. The predicted molar refractivity (Wildman–Crippen MR) is 64.8 cm³/mol. The molecule has 0 bridgehead atoms. The van der Waals surface area contributed by atoms with E-state index in [9.17, 15) is 0 Å². The Morgan fingerprint density at radius 2 is 2.29 bits per heavy atom. The van der Waals surface area contributed by atoms with Gasteiger partial charge in [0.25, 0.3) is 0 Å². The van der Waals surface area contributed by atoms with Gasteiger partial charge in [0.2, 0.25) is 0 Å². The standard InChI is InChI=1S/C13H12N4/c1-3-13-11(10-2-4-12(10)16-13)5-9(1)6-17-8-14-7-15-17/h1,3,5,7-8,16H,2,4,6H2. The minimum atomic E-state index is 0.788. The van der Waals surface area contributed by atoms with Gasteiger partial charge in [0, 0.05) is 16.6 Å². The Hall–Kier alpha value is -2.10. The number of hydrogen-bond acceptors (Lipinski definition) is 2. The molecule has 0 atom stereocenters. The molecule has 4 heteroatoms. The Bertz CT molecular complexity index is 679. The second-order valence-electron chi connectivity index (χ2n) is 4.56. The van der Waals surface area contributed by atoms with Crippen molar-refractivity contribution in [2.24, 2.45) is 0 Å². The van der Waals surface area contributed by atoms with Gasteiger partial charge in [0.15, 0.2) is 0 Å². The highest BCUT2D eigenvalue weighted by molar-refractivity contribution is 5.86. The first-order chi connectivity index (χ1) is 8.40. The summed E-state index contributed by atoms with van der Waals surface area (Å²) in [4.78, 5) is 7.42. The molecule has 0 radical (unpaired) electrons. The summed E-state index contributed by atoms with van der Waals surface area (Å²) >= 11 is 0. The summed E-state index contributed by atoms with van der Waals surface area (Å²) in [6.45, 7) is 0.788. The number of nitrogens with one attached hydrogen (secondary N) is 1. The van der Waals surface area contributed by atoms with E-state index in [2.05, 4.69) is 33.3 Å². The lowest BCUT2D eigenvalue weighted by Gasteiger charge is -2.12. The molecule has 0 saturated carbocycles. The molecule has 17 heavy (non-hydrogen) atoms. The molecule has 1 aromatic carbocycles. The Labute approximate surface area is 98.3 Å². The van der Waals surface area contributed by atoms with Crippen LogP contribution < -0.4 is 0 Å². The van der Waals surface area contributed by atoms with E-state index in [1.165, 1.54) is 40.6 Å². The second-order valence-corrected chi connectivity index (χ2v) is 4.56. The second kappa shape index (κ2) is 3.20. The van der Waals surface area contributed by atoms with Crippen LogP contribution in [-0.4, -0.2) is 19.7 Å². The zero-order valence-corrected chi connectivity index (χ0v) is 9.35. The van der Waals surface area contributed by atoms with E-state index in [4.69, 9.17) is 0 Å². The van der Waals surface area contributed by atoms with Crippen LogP contribution in [0.5, 0.6) is 0 Å². The summed E-state index contributed by atoms with van der Waals surface area (Å²) in [5, 5.41) is 5.51. The van der Waals surface area contributed by atoms with Crippen LogP contribution in [0.2, 0.25) is 0 Å². The zero-order valence-electron chi connectivity index (χ0n) is 9.35. The summed E-state index contributed by atoms with van der Waals surface area (Å²) in [6.07, 6.45) is 5.73. The normalized spacial score (nSPS) is 13.6. The van der Waals surface area contributed by atoms with Gasteiger partial charge < -0.3 is 4.98 Å². The van der Waals surface area contributed by atoms with Crippen molar-refractivity contribution < 1.29 is 0 Å². The molecule has 4 rings (SSSR count). The fourth-order valence-electron chi connectivity index (χ4n) is 2.52. The van der Waals surface area contributed by atoms with Crippen molar-refractivity contribution in [1.82, 2.24) is 19.7 Å². The third kappa shape index (κ3) is 1.30. The summed E-state index contributed by atoms with van der Waals surface area (Å²) < 4.78 is 1.85. The van der Waals surface area contributed by atoms with Crippen molar-refractivity contribution in [3.05, 3.63) is 47.7 Å². The average Bonchev–Trinajstić information content (AvgIpc) is 2.86. The molecule has 0 fully saturated rings. The molecular weight excluding hydrogens is 212 g/mol. The monoisotopic (exact) mass is 224 g/mol. The van der Waals surface area contributed by atoms with E-state index >= 15 is 0 Å². The van der Waals surface area contributed by atoms with Gasteiger partial charge in [-0.2, -0.15) is 5.10 Å². The average molecular weight is 224 g/mol. The van der Waals surface area contributed by atoms with E-state index in [0.29, 0.717) is 0 Å². The van der Waals surface area contributed by atoms with E-state index in [1.807, 2.05) is 4.68 Å². The maximum atomic E-state index is 4.13. The molecule has 0 spiro atoms. The molecule has 1 aliphatic carbocycles. The number of aromatic amines is 1. The molecule has 0 aliphatic heterocycles. The first-order valence-electron chi connectivity index (χ1n) is 5.85. The third-order valence-electron chi connectivity index (χ3n) is 3.50. The lowest BCUT2D eigenvalue weighted by molar-refractivity contribution is 0.685. The predicted octanol–water partition coefficient (Wildman–Crippen LogP) is 1.91. The Morgan fingerprint density at radius 1 is 1.29 bits per heavy atom. The molecule has 0 unspecified atom stereocenters. The van der Waals surface area contributed by atoms with Crippen LogP contribution in [0.3, 0.4) is 0 Å². The van der Waals surface area contributed by atoms with Gasteiger partial charge in [-0.1, -0.05) is 6.07 Å². The zero-order chi connectivity index (χ0) is 11.2. The van der Waals surface area contributed by atoms with Crippen LogP contribution in [0.15, 0.2) is 30.9 Å². The molecule has 0 saturated heterocycles. The largest absolute Gasteiger partial charge is 0.358 e. The van der Waals surface area contributed by atoms with E-state index < -0.39 is 0 Å². The minimum Gasteiger partial charge on any atom is -0.358 e. The smallest absolute Gasteiger partial charge is 0.137 e. The maximum Gasteiger partial charge on any atom is 0.137 e. The number of nitrogens with zero attached hydrogens (tertiary/aromatic N) is 3. The first kappa shape index (κ1) is 8.98. The summed E-state index contributed by atoms with van der Waals surface area (Å²) in [7, 11) is 0. The van der Waals surface area contributed by atoms with Crippen LogP contribution in [0.25, 0.3) is 10.9 Å². The molecule has 2 heterocycles. The van der Waals surface area contributed by atoms with Crippen molar-refractivity contribution in [3.63, 3.8) is 0 Å². The maximum absolute atomic E-state index is 4.13. The van der Waals surface area contributed by atoms with Gasteiger partial charge in [0.1, 0.15) is 12.7 Å². The molecule has 84 valence electrons.